The highest BCUT2D eigenvalue weighted by Crippen LogP contribution is 2.34. The Bertz CT molecular complexity index is 721. The van der Waals surface area contributed by atoms with Crippen molar-refractivity contribution < 1.29 is 14.3 Å². The lowest BCUT2D eigenvalue weighted by molar-refractivity contribution is 0.102. The van der Waals surface area contributed by atoms with Gasteiger partial charge in [0.15, 0.2) is 16.7 Å². The first-order valence-corrected chi connectivity index (χ1v) is 7.84. The zero-order valence-corrected chi connectivity index (χ0v) is 13.1. The van der Waals surface area contributed by atoms with Crippen LogP contribution in [0, 0.1) is 6.92 Å². The van der Waals surface area contributed by atoms with Crippen LogP contribution < -0.4 is 14.8 Å². The minimum Gasteiger partial charge on any atom is -0.454 e. The van der Waals surface area contributed by atoms with Crippen LogP contribution in [0.1, 0.15) is 23.1 Å². The minimum atomic E-state index is -0.276. The molecule has 1 amide bonds. The molecular formula is C15H15N3O3S. The minimum absolute atomic E-state index is 0.204. The molecule has 2 aromatic rings. The molecule has 22 heavy (non-hydrogen) atoms. The van der Waals surface area contributed by atoms with Gasteiger partial charge in [0.1, 0.15) is 5.69 Å². The van der Waals surface area contributed by atoms with E-state index in [2.05, 4.69) is 15.3 Å². The van der Waals surface area contributed by atoms with Crippen LogP contribution in [0.25, 0.3) is 0 Å². The molecule has 1 N–H and O–H groups in total. The molecule has 0 aliphatic carbocycles. The van der Waals surface area contributed by atoms with Crippen molar-refractivity contribution in [1.82, 2.24) is 9.97 Å². The van der Waals surface area contributed by atoms with Gasteiger partial charge >= 0.3 is 0 Å². The maximum atomic E-state index is 12.3. The molecule has 7 heteroatoms. The molecular weight excluding hydrogens is 302 g/mol. The van der Waals surface area contributed by atoms with Gasteiger partial charge in [0.05, 0.1) is 0 Å². The van der Waals surface area contributed by atoms with Gasteiger partial charge in [-0.3, -0.25) is 4.79 Å². The molecule has 0 spiro atoms. The van der Waals surface area contributed by atoms with Crippen molar-refractivity contribution >= 4 is 23.4 Å². The number of carbonyl (C=O) groups excluding carboxylic acids is 1. The lowest BCUT2D eigenvalue weighted by atomic mass is 10.2. The first-order chi connectivity index (χ1) is 10.7. The number of anilines is 1. The van der Waals surface area contributed by atoms with Crippen LogP contribution in [-0.4, -0.2) is 28.4 Å². The topological polar surface area (TPSA) is 73.3 Å². The molecule has 1 aliphatic heterocycles. The molecule has 0 radical (unpaired) electrons. The fraction of sp³-hybridized carbons (Fsp3) is 0.267. The smallest absolute Gasteiger partial charge is 0.274 e. The van der Waals surface area contributed by atoms with Crippen LogP contribution in [0.15, 0.2) is 29.4 Å². The summed E-state index contributed by atoms with van der Waals surface area (Å²) >= 11 is 1.50. The number of nitrogens with zero attached hydrogens (tertiary/aromatic N) is 2. The fourth-order valence-corrected chi connectivity index (χ4v) is 2.65. The van der Waals surface area contributed by atoms with Crippen molar-refractivity contribution in [2.45, 2.75) is 19.0 Å². The number of aryl methyl sites for hydroxylation is 1. The summed E-state index contributed by atoms with van der Waals surface area (Å²) in [6, 6.07) is 6.93. The van der Waals surface area contributed by atoms with Crippen LogP contribution >= 0.6 is 11.8 Å². The average Bonchev–Trinajstić information content (AvgIpc) is 2.94. The molecule has 2 heterocycles. The van der Waals surface area contributed by atoms with Crippen molar-refractivity contribution in [3.8, 4) is 11.5 Å². The van der Waals surface area contributed by atoms with Gasteiger partial charge in [0.2, 0.25) is 6.79 Å². The van der Waals surface area contributed by atoms with E-state index in [4.69, 9.17) is 9.47 Å². The molecule has 0 atom stereocenters. The summed E-state index contributed by atoms with van der Waals surface area (Å²) in [6.45, 7) is 4.07. The Morgan fingerprint density at radius 3 is 2.91 bits per heavy atom. The molecule has 3 rings (SSSR count). The lowest BCUT2D eigenvalue weighted by Crippen LogP contribution is -2.15. The standard InChI is InChI=1S/C15H15N3O3S/c1-3-22-15-16-9(2)6-11(18-15)14(19)17-10-4-5-12-13(7-10)21-8-20-12/h4-7H,3,8H2,1-2H3,(H,17,19). The number of ether oxygens (including phenoxy) is 2. The highest BCUT2D eigenvalue weighted by atomic mass is 32.2. The third kappa shape index (κ3) is 3.14. The number of hydrogen-bond acceptors (Lipinski definition) is 6. The predicted molar refractivity (Wildman–Crippen MR) is 83.7 cm³/mol. The number of aromatic nitrogens is 2. The first kappa shape index (κ1) is 14.6. The third-order valence-electron chi connectivity index (χ3n) is 2.97. The quantitative estimate of drug-likeness (QED) is 0.690. The van der Waals surface area contributed by atoms with Crippen LogP contribution in [0.5, 0.6) is 11.5 Å². The SMILES string of the molecule is CCSc1nc(C)cc(C(=O)Nc2ccc3c(c2)OCO3)n1. The Labute approximate surface area is 132 Å². The van der Waals surface area contributed by atoms with Gasteiger partial charge in [-0.2, -0.15) is 0 Å². The van der Waals surface area contributed by atoms with Gasteiger partial charge in [0, 0.05) is 17.4 Å². The van der Waals surface area contributed by atoms with Crippen LogP contribution in [-0.2, 0) is 0 Å². The summed E-state index contributed by atoms with van der Waals surface area (Å²) < 4.78 is 10.5. The maximum Gasteiger partial charge on any atom is 0.274 e. The molecule has 0 saturated heterocycles. The van der Waals surface area contributed by atoms with E-state index in [-0.39, 0.29) is 12.7 Å². The second kappa shape index (κ2) is 6.23. The van der Waals surface area contributed by atoms with Crippen molar-refractivity contribution in [3.05, 3.63) is 35.7 Å². The Kier molecular flexibility index (Phi) is 4.15. The highest BCUT2D eigenvalue weighted by Gasteiger charge is 2.16. The van der Waals surface area contributed by atoms with Crippen LogP contribution in [0.2, 0.25) is 0 Å². The number of rotatable bonds is 4. The second-order valence-corrected chi connectivity index (χ2v) is 5.86. The number of hydrogen-bond donors (Lipinski definition) is 1. The Morgan fingerprint density at radius 1 is 1.27 bits per heavy atom. The summed E-state index contributed by atoms with van der Waals surface area (Å²) in [5.74, 6) is 1.88. The average molecular weight is 317 g/mol. The second-order valence-electron chi connectivity index (χ2n) is 4.63. The largest absolute Gasteiger partial charge is 0.454 e. The zero-order chi connectivity index (χ0) is 15.5. The van der Waals surface area contributed by atoms with E-state index in [0.29, 0.717) is 28.0 Å². The van der Waals surface area contributed by atoms with Crippen LogP contribution in [0.3, 0.4) is 0 Å². The van der Waals surface area contributed by atoms with Gasteiger partial charge in [-0.25, -0.2) is 9.97 Å². The normalized spacial score (nSPS) is 12.3. The van der Waals surface area contributed by atoms with Crippen molar-refractivity contribution in [3.63, 3.8) is 0 Å². The summed E-state index contributed by atoms with van der Waals surface area (Å²) in [5, 5.41) is 3.42. The van der Waals surface area contributed by atoms with E-state index < -0.39 is 0 Å². The third-order valence-corrected chi connectivity index (χ3v) is 3.70. The maximum absolute atomic E-state index is 12.3. The van der Waals surface area contributed by atoms with E-state index in [1.165, 1.54) is 11.8 Å². The van der Waals surface area contributed by atoms with Gasteiger partial charge in [-0.05, 0) is 30.9 Å². The lowest BCUT2D eigenvalue weighted by Gasteiger charge is -2.07. The van der Waals surface area contributed by atoms with Crippen molar-refractivity contribution in [2.75, 3.05) is 17.9 Å². The van der Waals surface area contributed by atoms with E-state index in [1.807, 2.05) is 13.8 Å². The molecule has 114 valence electrons. The van der Waals surface area contributed by atoms with Gasteiger partial charge < -0.3 is 14.8 Å². The summed E-state index contributed by atoms with van der Waals surface area (Å²) in [7, 11) is 0. The molecule has 0 unspecified atom stereocenters. The molecule has 0 bridgehead atoms. The number of carbonyl (C=O) groups is 1. The number of nitrogens with one attached hydrogen (secondary N) is 1. The number of amides is 1. The van der Waals surface area contributed by atoms with Gasteiger partial charge in [-0.15, -0.1) is 0 Å². The summed E-state index contributed by atoms with van der Waals surface area (Å²) in [6.07, 6.45) is 0. The van der Waals surface area contributed by atoms with Crippen molar-refractivity contribution in [1.29, 1.82) is 0 Å². The Morgan fingerprint density at radius 2 is 2.09 bits per heavy atom. The van der Waals surface area contributed by atoms with E-state index in [0.717, 1.165) is 11.4 Å². The molecule has 0 saturated carbocycles. The number of thioether (sulfide) groups is 1. The molecule has 6 nitrogen and oxygen atoms in total. The fourth-order valence-electron chi connectivity index (χ4n) is 2.02. The van der Waals surface area contributed by atoms with Gasteiger partial charge in [-0.1, -0.05) is 18.7 Å². The number of benzene rings is 1. The summed E-state index contributed by atoms with van der Waals surface area (Å²) in [5.41, 5.74) is 1.75. The summed E-state index contributed by atoms with van der Waals surface area (Å²) in [4.78, 5) is 20.9. The Hall–Kier alpha value is -2.28. The zero-order valence-electron chi connectivity index (χ0n) is 12.3. The van der Waals surface area contributed by atoms with Crippen LogP contribution in [0.4, 0.5) is 5.69 Å². The molecule has 1 aromatic heterocycles. The van der Waals surface area contributed by atoms with E-state index in [9.17, 15) is 4.79 Å². The van der Waals surface area contributed by atoms with E-state index >= 15 is 0 Å². The number of fused-ring (bicyclic) bond motifs is 1. The Balaban J connectivity index is 1.79. The first-order valence-electron chi connectivity index (χ1n) is 6.85. The molecule has 0 fully saturated rings. The van der Waals surface area contributed by atoms with Crippen molar-refractivity contribution in [2.24, 2.45) is 0 Å². The van der Waals surface area contributed by atoms with Gasteiger partial charge in [0.25, 0.3) is 5.91 Å². The monoisotopic (exact) mass is 317 g/mol. The molecule has 1 aromatic carbocycles. The highest BCUT2D eigenvalue weighted by molar-refractivity contribution is 7.99. The predicted octanol–water partition coefficient (Wildman–Crippen LogP) is 2.88. The van der Waals surface area contributed by atoms with E-state index in [1.54, 1.807) is 24.3 Å². The molecule has 1 aliphatic rings.